The monoisotopic (exact) mass is 589 g/mol. The van der Waals surface area contributed by atoms with Crippen molar-refractivity contribution in [3.63, 3.8) is 0 Å². The van der Waals surface area contributed by atoms with Crippen LogP contribution in [0.15, 0.2) is 70.4 Å². The van der Waals surface area contributed by atoms with Crippen LogP contribution in [0, 0.1) is 6.92 Å². The first-order chi connectivity index (χ1) is 20.4. The summed E-state index contributed by atoms with van der Waals surface area (Å²) in [5.41, 5.74) is 2.62. The van der Waals surface area contributed by atoms with Crippen LogP contribution in [-0.2, 0) is 4.79 Å². The van der Waals surface area contributed by atoms with Gasteiger partial charge in [-0.1, -0.05) is 29.5 Å². The van der Waals surface area contributed by atoms with Crippen LogP contribution in [0.25, 0.3) is 17.3 Å². The van der Waals surface area contributed by atoms with Gasteiger partial charge in [0.15, 0.2) is 10.9 Å². The molecule has 1 atom stereocenters. The number of thioether (sulfide) groups is 1. The predicted molar refractivity (Wildman–Crippen MR) is 160 cm³/mol. The minimum atomic E-state index is -0.116. The smallest absolute Gasteiger partial charge is 0.254 e. The van der Waals surface area contributed by atoms with Gasteiger partial charge in [-0.05, 0) is 56.7 Å². The highest BCUT2D eigenvalue weighted by Gasteiger charge is 2.30. The van der Waals surface area contributed by atoms with Crippen LogP contribution < -0.4 is 9.47 Å². The number of aromatic nitrogens is 3. The van der Waals surface area contributed by atoms with Gasteiger partial charge in [0.2, 0.25) is 11.7 Å². The molecule has 5 rings (SSSR count). The molecule has 1 unspecified atom stereocenters. The Kier molecular flexibility index (Phi) is 9.16. The first-order valence-electron chi connectivity index (χ1n) is 13.9. The maximum atomic E-state index is 13.3. The lowest BCUT2D eigenvalue weighted by Gasteiger charge is -2.40. The van der Waals surface area contributed by atoms with Gasteiger partial charge in [0, 0.05) is 55.2 Å². The largest absolute Gasteiger partial charge is 0.497 e. The van der Waals surface area contributed by atoms with Crippen molar-refractivity contribution in [3.8, 4) is 28.8 Å². The summed E-state index contributed by atoms with van der Waals surface area (Å²) in [6, 6.07) is 16.9. The zero-order chi connectivity index (χ0) is 29.6. The number of nitrogens with zero attached hydrogens (tertiary/aromatic N) is 5. The molecule has 1 aliphatic heterocycles. The molecule has 11 heteroatoms. The van der Waals surface area contributed by atoms with Crippen molar-refractivity contribution in [1.29, 1.82) is 0 Å². The lowest BCUT2D eigenvalue weighted by molar-refractivity contribution is -0.133. The van der Waals surface area contributed by atoms with Crippen LogP contribution in [0.2, 0.25) is 0 Å². The van der Waals surface area contributed by atoms with Crippen LogP contribution in [0.5, 0.6) is 11.5 Å². The zero-order valence-electron chi connectivity index (χ0n) is 24.3. The number of amides is 2. The van der Waals surface area contributed by atoms with Gasteiger partial charge < -0.3 is 23.7 Å². The van der Waals surface area contributed by atoms with Crippen molar-refractivity contribution in [2.45, 2.75) is 37.9 Å². The molecule has 4 aromatic rings. The second kappa shape index (κ2) is 13.2. The molecule has 1 fully saturated rings. The highest BCUT2D eigenvalue weighted by atomic mass is 32.2. The molecule has 2 aromatic heterocycles. The van der Waals surface area contributed by atoms with Gasteiger partial charge in [-0.2, -0.15) is 0 Å². The summed E-state index contributed by atoms with van der Waals surface area (Å²) >= 11 is 1.56. The molecule has 42 heavy (non-hydrogen) atoms. The highest BCUT2D eigenvalue weighted by molar-refractivity contribution is 7.99. The van der Waals surface area contributed by atoms with E-state index >= 15 is 0 Å². The fourth-order valence-electron chi connectivity index (χ4n) is 4.98. The van der Waals surface area contributed by atoms with Crippen molar-refractivity contribution >= 4 is 23.6 Å². The van der Waals surface area contributed by atoms with Gasteiger partial charge in [-0.15, -0.1) is 10.2 Å². The molecule has 0 radical (unpaired) electrons. The molecule has 3 heterocycles. The molecule has 0 N–H and O–H groups in total. The Balaban J connectivity index is 1.16. The van der Waals surface area contributed by atoms with Crippen LogP contribution in [0.3, 0.4) is 0 Å². The number of methoxy groups -OCH3 is 2. The Morgan fingerprint density at radius 3 is 2.40 bits per heavy atom. The standard InChI is InChI=1S/C31H35N5O5S/c1-21-9-11-24(12-10-21)36-29(27-7-5-15-41-27)32-33-31(36)42-16-6-8-28(37)34-13-14-35(22(2)20-34)30(38)23-17-25(39-3)19-26(18-23)40-4/h5,7,9-12,15,17-19,22H,6,8,13-14,16,20H2,1-4H3. The van der Waals surface area contributed by atoms with E-state index in [0.29, 0.717) is 66.9 Å². The maximum Gasteiger partial charge on any atom is 0.254 e. The number of rotatable bonds is 10. The van der Waals surface area contributed by atoms with E-state index in [1.165, 1.54) is 5.56 Å². The fourth-order valence-corrected chi connectivity index (χ4v) is 5.87. The number of hydrogen-bond donors (Lipinski definition) is 0. The fraction of sp³-hybridized carbons (Fsp3) is 0.355. The van der Waals surface area contributed by atoms with E-state index in [9.17, 15) is 9.59 Å². The van der Waals surface area contributed by atoms with Gasteiger partial charge in [0.25, 0.3) is 5.91 Å². The number of carbonyl (C=O) groups excluding carboxylic acids is 2. The van der Waals surface area contributed by atoms with Gasteiger partial charge >= 0.3 is 0 Å². The SMILES string of the molecule is COc1cc(OC)cc(C(=O)N2CCN(C(=O)CCCSc3nnc(-c4ccco4)n3-c3ccc(C)cc3)CC2C)c1. The molecule has 1 aliphatic rings. The van der Waals surface area contributed by atoms with E-state index in [1.54, 1.807) is 50.4 Å². The third-order valence-corrected chi connectivity index (χ3v) is 8.29. The van der Waals surface area contributed by atoms with Crippen molar-refractivity contribution < 1.29 is 23.5 Å². The van der Waals surface area contributed by atoms with Crippen molar-refractivity contribution in [1.82, 2.24) is 24.6 Å². The molecule has 2 aromatic carbocycles. The van der Waals surface area contributed by atoms with Crippen LogP contribution in [0.4, 0.5) is 0 Å². The average Bonchev–Trinajstić information content (AvgIpc) is 3.69. The van der Waals surface area contributed by atoms with Crippen LogP contribution in [0.1, 0.15) is 35.7 Å². The molecule has 0 spiro atoms. The summed E-state index contributed by atoms with van der Waals surface area (Å²) in [5.74, 6) is 3.10. The zero-order valence-corrected chi connectivity index (χ0v) is 25.1. The number of ether oxygens (including phenoxy) is 2. The Labute approximate surface area is 249 Å². The van der Waals surface area contributed by atoms with Gasteiger partial charge in [0.1, 0.15) is 11.5 Å². The number of furan rings is 1. The van der Waals surface area contributed by atoms with E-state index in [2.05, 4.69) is 22.3 Å². The van der Waals surface area contributed by atoms with E-state index < -0.39 is 0 Å². The first kappa shape index (κ1) is 29.2. The van der Waals surface area contributed by atoms with Gasteiger partial charge in [0.05, 0.1) is 20.5 Å². The summed E-state index contributed by atoms with van der Waals surface area (Å²) in [6.07, 6.45) is 2.73. The van der Waals surface area contributed by atoms with Crippen LogP contribution in [-0.4, -0.2) is 82.0 Å². The topological polar surface area (TPSA) is 103 Å². The third kappa shape index (κ3) is 6.46. The lowest BCUT2D eigenvalue weighted by Crippen LogP contribution is -2.55. The number of carbonyl (C=O) groups is 2. The summed E-state index contributed by atoms with van der Waals surface area (Å²) in [6.45, 7) is 5.48. The molecular formula is C31H35N5O5S. The summed E-state index contributed by atoms with van der Waals surface area (Å²) in [7, 11) is 3.11. The van der Waals surface area contributed by atoms with E-state index in [1.807, 2.05) is 52.5 Å². The predicted octanol–water partition coefficient (Wildman–Crippen LogP) is 5.10. The molecule has 2 amide bonds. The van der Waals surface area contributed by atoms with E-state index in [0.717, 1.165) is 10.8 Å². The number of benzene rings is 2. The highest BCUT2D eigenvalue weighted by Crippen LogP contribution is 2.29. The molecule has 10 nitrogen and oxygen atoms in total. The molecule has 0 aliphatic carbocycles. The second-order valence-electron chi connectivity index (χ2n) is 10.2. The summed E-state index contributed by atoms with van der Waals surface area (Å²) < 4.78 is 18.2. The van der Waals surface area contributed by atoms with Crippen LogP contribution >= 0.6 is 11.8 Å². The van der Waals surface area contributed by atoms with E-state index in [4.69, 9.17) is 13.9 Å². The minimum absolute atomic E-state index is 0.0916. The molecule has 0 bridgehead atoms. The van der Waals surface area contributed by atoms with Crippen molar-refractivity contribution in [2.24, 2.45) is 0 Å². The number of hydrogen-bond acceptors (Lipinski definition) is 8. The van der Waals surface area contributed by atoms with Gasteiger partial charge in [-0.3, -0.25) is 14.2 Å². The third-order valence-electron chi connectivity index (χ3n) is 7.27. The minimum Gasteiger partial charge on any atom is -0.497 e. The van der Waals surface area contributed by atoms with E-state index in [-0.39, 0.29) is 17.9 Å². The van der Waals surface area contributed by atoms with Crippen molar-refractivity contribution in [2.75, 3.05) is 39.6 Å². The number of aryl methyl sites for hydroxylation is 1. The lowest BCUT2D eigenvalue weighted by atomic mass is 10.1. The Morgan fingerprint density at radius 2 is 1.76 bits per heavy atom. The normalized spacial score (nSPS) is 15.1. The molecular weight excluding hydrogens is 554 g/mol. The van der Waals surface area contributed by atoms with Gasteiger partial charge in [-0.25, -0.2) is 0 Å². The summed E-state index contributed by atoms with van der Waals surface area (Å²) in [5, 5.41) is 9.56. The number of piperazine rings is 1. The maximum absolute atomic E-state index is 13.3. The molecule has 0 saturated carbocycles. The Bertz CT molecular complexity index is 1500. The quantitative estimate of drug-likeness (QED) is 0.186. The molecule has 1 saturated heterocycles. The summed E-state index contributed by atoms with van der Waals surface area (Å²) in [4.78, 5) is 30.0. The second-order valence-corrected chi connectivity index (χ2v) is 11.3. The first-order valence-corrected chi connectivity index (χ1v) is 14.9. The Morgan fingerprint density at radius 1 is 1.02 bits per heavy atom. The Hall–Kier alpha value is -4.25. The molecule has 220 valence electrons. The average molecular weight is 590 g/mol. The van der Waals surface area contributed by atoms with Crippen molar-refractivity contribution in [3.05, 3.63) is 72.0 Å².